The number of benzene rings is 1. The summed E-state index contributed by atoms with van der Waals surface area (Å²) in [5, 5.41) is 15.4. The Morgan fingerprint density at radius 3 is 2.85 bits per heavy atom. The first-order valence-electron chi connectivity index (χ1n) is 10.1. The highest BCUT2D eigenvalue weighted by molar-refractivity contribution is 5.97. The predicted octanol–water partition coefficient (Wildman–Crippen LogP) is 3.31. The summed E-state index contributed by atoms with van der Waals surface area (Å²) in [6, 6.07) is 8.46. The standard InChI is InChI=1S/C22H29N3O2/c1-2-21(18-10-9-16-6-3-4-7-17(16)12-18)25-22(26)19(13-23)14-24-15-20-8-5-11-27-20/h9-10,12,14,20-21,24H,2-8,11,15H2,1H3,(H,25,26)/b19-14-. The van der Waals surface area contributed by atoms with Gasteiger partial charge in [-0.1, -0.05) is 25.1 Å². The van der Waals surface area contributed by atoms with Gasteiger partial charge in [-0.05, 0) is 61.6 Å². The number of nitrogens with one attached hydrogen (secondary N) is 2. The Balaban J connectivity index is 1.62. The molecule has 2 atom stereocenters. The van der Waals surface area contributed by atoms with Crippen LogP contribution in [0.2, 0.25) is 0 Å². The lowest BCUT2D eigenvalue weighted by Crippen LogP contribution is -2.30. The van der Waals surface area contributed by atoms with Crippen LogP contribution < -0.4 is 10.6 Å². The quantitative estimate of drug-likeness (QED) is 0.573. The van der Waals surface area contributed by atoms with Crippen molar-refractivity contribution in [3.8, 4) is 6.07 Å². The number of ether oxygens (including phenoxy) is 1. The van der Waals surface area contributed by atoms with Crippen molar-refractivity contribution in [3.63, 3.8) is 0 Å². The zero-order valence-corrected chi connectivity index (χ0v) is 16.1. The minimum absolute atomic E-state index is 0.0837. The minimum Gasteiger partial charge on any atom is -0.387 e. The Morgan fingerprint density at radius 1 is 1.33 bits per heavy atom. The summed E-state index contributed by atoms with van der Waals surface area (Å²) in [6.45, 7) is 3.47. The van der Waals surface area contributed by atoms with Gasteiger partial charge in [-0.3, -0.25) is 4.79 Å². The molecule has 0 spiro atoms. The molecule has 2 unspecified atom stereocenters. The third-order valence-electron chi connectivity index (χ3n) is 5.47. The largest absolute Gasteiger partial charge is 0.387 e. The molecule has 0 radical (unpaired) electrons. The number of carbonyl (C=O) groups excluding carboxylic acids is 1. The van der Waals surface area contributed by atoms with Crippen molar-refractivity contribution in [3.05, 3.63) is 46.7 Å². The first kappa shape index (κ1) is 19.4. The summed E-state index contributed by atoms with van der Waals surface area (Å²) in [5.41, 5.74) is 4.06. The molecule has 1 aliphatic carbocycles. The van der Waals surface area contributed by atoms with Crippen LogP contribution in [-0.4, -0.2) is 25.2 Å². The van der Waals surface area contributed by atoms with E-state index < -0.39 is 0 Å². The molecule has 1 fully saturated rings. The lowest BCUT2D eigenvalue weighted by Gasteiger charge is -2.21. The van der Waals surface area contributed by atoms with Crippen LogP contribution in [0.25, 0.3) is 0 Å². The Bertz CT molecular complexity index is 730. The molecule has 144 valence electrons. The molecule has 3 rings (SSSR count). The predicted molar refractivity (Wildman–Crippen MR) is 105 cm³/mol. The van der Waals surface area contributed by atoms with Crippen molar-refractivity contribution in [2.45, 2.75) is 64.0 Å². The van der Waals surface area contributed by atoms with E-state index in [-0.39, 0.29) is 23.6 Å². The molecule has 5 heteroatoms. The van der Waals surface area contributed by atoms with Crippen LogP contribution in [0, 0.1) is 11.3 Å². The zero-order valence-electron chi connectivity index (χ0n) is 16.1. The van der Waals surface area contributed by atoms with E-state index in [1.54, 1.807) is 0 Å². The SMILES string of the molecule is CCC(NC(=O)/C(C#N)=C\NCC1CCCO1)c1ccc2c(c1)CCCC2. The van der Waals surface area contributed by atoms with Gasteiger partial charge in [0.2, 0.25) is 0 Å². The molecular weight excluding hydrogens is 338 g/mol. The Morgan fingerprint density at radius 2 is 2.15 bits per heavy atom. The molecular formula is C22H29N3O2. The lowest BCUT2D eigenvalue weighted by atomic mass is 9.88. The van der Waals surface area contributed by atoms with E-state index in [9.17, 15) is 10.1 Å². The van der Waals surface area contributed by atoms with Crippen molar-refractivity contribution in [1.29, 1.82) is 5.26 Å². The third-order valence-corrected chi connectivity index (χ3v) is 5.47. The van der Waals surface area contributed by atoms with Crippen molar-refractivity contribution in [1.82, 2.24) is 10.6 Å². The molecule has 1 amide bonds. The molecule has 2 aliphatic rings. The van der Waals surface area contributed by atoms with E-state index in [4.69, 9.17) is 4.74 Å². The second-order valence-electron chi connectivity index (χ2n) is 7.38. The van der Waals surface area contributed by atoms with E-state index in [2.05, 4.69) is 35.8 Å². The van der Waals surface area contributed by atoms with Crippen LogP contribution in [-0.2, 0) is 22.4 Å². The number of carbonyl (C=O) groups is 1. The first-order valence-corrected chi connectivity index (χ1v) is 10.1. The molecule has 1 saturated heterocycles. The lowest BCUT2D eigenvalue weighted by molar-refractivity contribution is -0.117. The average Bonchev–Trinajstić information content (AvgIpc) is 3.22. The highest BCUT2D eigenvalue weighted by Crippen LogP contribution is 2.26. The summed E-state index contributed by atoms with van der Waals surface area (Å²) in [6.07, 6.45) is 9.31. The molecule has 5 nitrogen and oxygen atoms in total. The van der Waals surface area contributed by atoms with Crippen LogP contribution in [0.4, 0.5) is 0 Å². The van der Waals surface area contributed by atoms with E-state index in [1.165, 1.54) is 30.2 Å². The number of hydrogen-bond donors (Lipinski definition) is 2. The maximum absolute atomic E-state index is 12.6. The van der Waals surface area contributed by atoms with Crippen molar-refractivity contribution < 1.29 is 9.53 Å². The third kappa shape index (κ3) is 5.11. The number of nitrogens with zero attached hydrogens (tertiary/aromatic N) is 1. The Hall–Kier alpha value is -2.32. The van der Waals surface area contributed by atoms with Gasteiger partial charge in [0.1, 0.15) is 11.6 Å². The summed E-state index contributed by atoms with van der Waals surface area (Å²) >= 11 is 0. The van der Waals surface area contributed by atoms with Crippen LogP contribution in [0.1, 0.15) is 61.8 Å². The van der Waals surface area contributed by atoms with Crippen molar-refractivity contribution in [2.75, 3.05) is 13.2 Å². The van der Waals surface area contributed by atoms with Crippen LogP contribution in [0.3, 0.4) is 0 Å². The molecule has 1 heterocycles. The fourth-order valence-electron chi connectivity index (χ4n) is 3.87. The summed E-state index contributed by atoms with van der Waals surface area (Å²) in [4.78, 5) is 12.6. The van der Waals surface area contributed by atoms with Crippen molar-refractivity contribution >= 4 is 5.91 Å². The fraction of sp³-hybridized carbons (Fsp3) is 0.545. The van der Waals surface area contributed by atoms with Gasteiger partial charge < -0.3 is 15.4 Å². The number of fused-ring (bicyclic) bond motifs is 1. The van der Waals surface area contributed by atoms with E-state index in [0.29, 0.717) is 6.54 Å². The van der Waals surface area contributed by atoms with Crippen LogP contribution in [0.5, 0.6) is 0 Å². The summed E-state index contributed by atoms with van der Waals surface area (Å²) in [7, 11) is 0. The summed E-state index contributed by atoms with van der Waals surface area (Å²) in [5.74, 6) is -0.332. The Labute approximate surface area is 161 Å². The smallest absolute Gasteiger partial charge is 0.263 e. The molecule has 1 aromatic carbocycles. The van der Waals surface area contributed by atoms with Gasteiger partial charge in [0, 0.05) is 19.4 Å². The van der Waals surface area contributed by atoms with Gasteiger partial charge in [-0.2, -0.15) is 5.26 Å². The highest BCUT2D eigenvalue weighted by atomic mass is 16.5. The molecule has 1 aromatic rings. The topological polar surface area (TPSA) is 74.2 Å². The van der Waals surface area contributed by atoms with Gasteiger partial charge in [-0.25, -0.2) is 0 Å². The maximum Gasteiger partial charge on any atom is 0.263 e. The van der Waals surface area contributed by atoms with Gasteiger partial charge in [0.15, 0.2) is 0 Å². The van der Waals surface area contributed by atoms with E-state index in [1.807, 2.05) is 6.07 Å². The minimum atomic E-state index is -0.332. The number of rotatable bonds is 7. The highest BCUT2D eigenvalue weighted by Gasteiger charge is 2.19. The van der Waals surface area contributed by atoms with Crippen molar-refractivity contribution in [2.24, 2.45) is 0 Å². The van der Waals surface area contributed by atoms with Crippen LogP contribution >= 0.6 is 0 Å². The molecule has 2 N–H and O–H groups in total. The first-order chi connectivity index (χ1) is 13.2. The number of amides is 1. The second-order valence-corrected chi connectivity index (χ2v) is 7.38. The van der Waals surface area contributed by atoms with Gasteiger partial charge in [0.25, 0.3) is 5.91 Å². The van der Waals surface area contributed by atoms with Crippen LogP contribution in [0.15, 0.2) is 30.0 Å². The number of aryl methyl sites for hydroxylation is 2. The number of hydrogen-bond acceptors (Lipinski definition) is 4. The summed E-state index contributed by atoms with van der Waals surface area (Å²) < 4.78 is 5.54. The molecule has 0 bridgehead atoms. The normalized spacial score (nSPS) is 20.4. The molecule has 0 saturated carbocycles. The Kier molecular flexibility index (Phi) is 6.89. The van der Waals surface area contributed by atoms with E-state index >= 15 is 0 Å². The van der Waals surface area contributed by atoms with Gasteiger partial charge in [-0.15, -0.1) is 0 Å². The molecule has 1 aliphatic heterocycles. The zero-order chi connectivity index (χ0) is 19.1. The fourth-order valence-corrected chi connectivity index (χ4v) is 3.87. The average molecular weight is 367 g/mol. The van der Waals surface area contributed by atoms with Gasteiger partial charge in [0.05, 0.1) is 12.1 Å². The van der Waals surface area contributed by atoms with Gasteiger partial charge >= 0.3 is 0 Å². The maximum atomic E-state index is 12.6. The van der Waals surface area contributed by atoms with E-state index in [0.717, 1.165) is 44.3 Å². The monoisotopic (exact) mass is 367 g/mol. The second kappa shape index (κ2) is 9.57. The molecule has 27 heavy (non-hydrogen) atoms. The number of nitriles is 1. The molecule has 0 aromatic heterocycles.